The van der Waals surface area contributed by atoms with E-state index in [0.717, 1.165) is 29.8 Å². The second-order valence-electron chi connectivity index (χ2n) is 8.67. The molecule has 2 N–H and O–H groups in total. The molecule has 0 unspecified atom stereocenters. The number of nitrogens with one attached hydrogen (secondary N) is 2. The summed E-state index contributed by atoms with van der Waals surface area (Å²) in [4.78, 5) is 41.8. The molecular formula is C26H30N4O4. The van der Waals surface area contributed by atoms with E-state index in [1.807, 2.05) is 32.0 Å². The van der Waals surface area contributed by atoms with E-state index in [9.17, 15) is 14.4 Å². The van der Waals surface area contributed by atoms with Crippen LogP contribution in [-0.4, -0.2) is 66.9 Å². The maximum absolute atomic E-state index is 13.5. The van der Waals surface area contributed by atoms with Crippen molar-refractivity contribution in [1.29, 1.82) is 0 Å². The van der Waals surface area contributed by atoms with Gasteiger partial charge < -0.3 is 15.4 Å². The maximum atomic E-state index is 13.5. The zero-order valence-electron chi connectivity index (χ0n) is 19.8. The van der Waals surface area contributed by atoms with Crippen LogP contribution in [0.4, 0.5) is 11.4 Å². The van der Waals surface area contributed by atoms with Crippen LogP contribution in [-0.2, 0) is 19.1 Å². The van der Waals surface area contributed by atoms with Crippen molar-refractivity contribution >= 4 is 34.7 Å². The Hall–Kier alpha value is -3.49. The summed E-state index contributed by atoms with van der Waals surface area (Å²) in [7, 11) is 0. The molecular weight excluding hydrogens is 432 g/mol. The Morgan fingerprint density at radius 2 is 1.62 bits per heavy atom. The van der Waals surface area contributed by atoms with E-state index in [2.05, 4.69) is 15.5 Å². The summed E-state index contributed by atoms with van der Waals surface area (Å²) >= 11 is 0. The Morgan fingerprint density at radius 3 is 2.26 bits per heavy atom. The molecule has 2 aliphatic heterocycles. The number of aryl methyl sites for hydroxylation is 2. The van der Waals surface area contributed by atoms with Crippen molar-refractivity contribution in [2.45, 2.75) is 20.8 Å². The third-order valence-corrected chi connectivity index (χ3v) is 6.04. The molecule has 1 fully saturated rings. The highest BCUT2D eigenvalue weighted by Crippen LogP contribution is 2.32. The van der Waals surface area contributed by atoms with Crippen LogP contribution in [0, 0.1) is 13.8 Å². The van der Waals surface area contributed by atoms with Crippen LogP contribution in [0.5, 0.6) is 0 Å². The van der Waals surface area contributed by atoms with Crippen molar-refractivity contribution in [3.8, 4) is 0 Å². The first-order valence-corrected chi connectivity index (χ1v) is 11.5. The molecule has 2 aliphatic rings. The highest BCUT2D eigenvalue weighted by molar-refractivity contribution is 6.36. The van der Waals surface area contributed by atoms with Gasteiger partial charge in [-0.25, -0.2) is 0 Å². The molecule has 34 heavy (non-hydrogen) atoms. The molecule has 3 amide bonds. The molecule has 8 heteroatoms. The lowest BCUT2D eigenvalue weighted by Crippen LogP contribution is -2.43. The predicted octanol–water partition coefficient (Wildman–Crippen LogP) is 2.79. The molecule has 0 spiro atoms. The number of imide groups is 1. The van der Waals surface area contributed by atoms with Crippen LogP contribution in [0.1, 0.15) is 23.6 Å². The van der Waals surface area contributed by atoms with Gasteiger partial charge in [0, 0.05) is 44.5 Å². The SMILES string of the molecule is CC(=O)Nc1ccc(NC2=C(c3ccc(C)cc3C)C(=O)N(CCN3CCOCC3)C2=O)cc1. The van der Waals surface area contributed by atoms with E-state index in [0.29, 0.717) is 43.3 Å². The number of anilines is 2. The maximum Gasteiger partial charge on any atom is 0.278 e. The summed E-state index contributed by atoms with van der Waals surface area (Å²) in [6, 6.07) is 12.9. The number of ether oxygens (including phenoxy) is 1. The molecule has 2 aromatic carbocycles. The zero-order valence-corrected chi connectivity index (χ0v) is 19.8. The minimum Gasteiger partial charge on any atom is -0.379 e. The first-order chi connectivity index (χ1) is 16.3. The molecule has 0 radical (unpaired) electrons. The molecule has 8 nitrogen and oxygen atoms in total. The van der Waals surface area contributed by atoms with E-state index in [4.69, 9.17) is 4.74 Å². The first-order valence-electron chi connectivity index (χ1n) is 11.5. The number of morpholine rings is 1. The number of amides is 3. The van der Waals surface area contributed by atoms with E-state index in [1.54, 1.807) is 24.3 Å². The van der Waals surface area contributed by atoms with Gasteiger partial charge in [0.05, 0.1) is 18.8 Å². The lowest BCUT2D eigenvalue weighted by molar-refractivity contribution is -0.137. The van der Waals surface area contributed by atoms with Gasteiger partial charge in [0.1, 0.15) is 5.70 Å². The number of benzene rings is 2. The van der Waals surface area contributed by atoms with Crippen molar-refractivity contribution in [2.75, 3.05) is 50.0 Å². The summed E-state index contributed by atoms with van der Waals surface area (Å²) in [6.45, 7) is 9.23. The molecule has 0 aromatic heterocycles. The molecule has 4 rings (SSSR count). The standard InChI is InChI=1S/C26H30N4O4/c1-17-4-9-22(18(2)16-17)23-24(28-21-7-5-20(6-8-21)27-19(3)31)26(33)30(25(23)32)11-10-29-12-14-34-15-13-29/h4-9,16,28H,10-15H2,1-3H3,(H,27,31). The Bertz CT molecular complexity index is 1130. The van der Waals surface area contributed by atoms with Gasteiger partial charge in [0.2, 0.25) is 5.91 Å². The van der Waals surface area contributed by atoms with Crippen molar-refractivity contribution in [1.82, 2.24) is 9.80 Å². The fraction of sp³-hybridized carbons (Fsp3) is 0.346. The number of hydrogen-bond acceptors (Lipinski definition) is 6. The zero-order chi connectivity index (χ0) is 24.2. The minimum absolute atomic E-state index is 0.159. The van der Waals surface area contributed by atoms with Gasteiger partial charge >= 0.3 is 0 Å². The van der Waals surface area contributed by atoms with Gasteiger partial charge in [-0.3, -0.25) is 24.2 Å². The van der Waals surface area contributed by atoms with E-state index < -0.39 is 0 Å². The number of hydrogen-bond donors (Lipinski definition) is 2. The second-order valence-corrected chi connectivity index (χ2v) is 8.67. The average molecular weight is 463 g/mol. The fourth-order valence-corrected chi connectivity index (χ4v) is 4.29. The number of carbonyl (C=O) groups excluding carboxylic acids is 3. The van der Waals surface area contributed by atoms with Gasteiger partial charge in [-0.05, 0) is 49.2 Å². The van der Waals surface area contributed by atoms with Crippen LogP contribution in [0.3, 0.4) is 0 Å². The molecule has 1 saturated heterocycles. The lowest BCUT2D eigenvalue weighted by Gasteiger charge is -2.28. The molecule has 2 aromatic rings. The molecule has 0 bridgehead atoms. The summed E-state index contributed by atoms with van der Waals surface area (Å²) in [5, 5.41) is 5.90. The summed E-state index contributed by atoms with van der Waals surface area (Å²) in [6.07, 6.45) is 0. The normalized spacial score (nSPS) is 16.9. The van der Waals surface area contributed by atoms with Crippen LogP contribution in [0.15, 0.2) is 48.2 Å². The Kier molecular flexibility index (Phi) is 7.09. The Labute approximate surface area is 199 Å². The van der Waals surface area contributed by atoms with Gasteiger partial charge in [0.15, 0.2) is 0 Å². The van der Waals surface area contributed by atoms with Gasteiger partial charge in [-0.1, -0.05) is 23.8 Å². The van der Waals surface area contributed by atoms with E-state index >= 15 is 0 Å². The number of nitrogens with zero attached hydrogens (tertiary/aromatic N) is 2. The molecule has 0 aliphatic carbocycles. The Balaban J connectivity index is 1.63. The van der Waals surface area contributed by atoms with E-state index in [-0.39, 0.29) is 23.4 Å². The summed E-state index contributed by atoms with van der Waals surface area (Å²) in [5.74, 6) is -0.783. The fourth-order valence-electron chi connectivity index (χ4n) is 4.29. The quantitative estimate of drug-likeness (QED) is 0.615. The van der Waals surface area contributed by atoms with Crippen molar-refractivity contribution < 1.29 is 19.1 Å². The lowest BCUT2D eigenvalue weighted by atomic mass is 9.97. The van der Waals surface area contributed by atoms with Gasteiger partial charge in [0.25, 0.3) is 11.8 Å². The topological polar surface area (TPSA) is 91.0 Å². The third-order valence-electron chi connectivity index (χ3n) is 6.04. The summed E-state index contributed by atoms with van der Waals surface area (Å²) < 4.78 is 5.39. The predicted molar refractivity (Wildman–Crippen MR) is 131 cm³/mol. The third kappa shape index (κ3) is 5.18. The highest BCUT2D eigenvalue weighted by atomic mass is 16.5. The molecule has 0 atom stereocenters. The van der Waals surface area contributed by atoms with Crippen molar-refractivity contribution in [3.05, 3.63) is 64.9 Å². The van der Waals surface area contributed by atoms with Crippen LogP contribution in [0.2, 0.25) is 0 Å². The highest BCUT2D eigenvalue weighted by Gasteiger charge is 2.39. The molecule has 0 saturated carbocycles. The minimum atomic E-state index is -0.334. The van der Waals surface area contributed by atoms with Crippen LogP contribution < -0.4 is 10.6 Å². The average Bonchev–Trinajstić information content (AvgIpc) is 3.03. The van der Waals surface area contributed by atoms with Crippen LogP contribution in [0.25, 0.3) is 5.57 Å². The van der Waals surface area contributed by atoms with Crippen molar-refractivity contribution in [2.24, 2.45) is 0 Å². The molecule has 178 valence electrons. The van der Waals surface area contributed by atoms with Crippen LogP contribution >= 0.6 is 0 Å². The van der Waals surface area contributed by atoms with Gasteiger partial charge in [-0.15, -0.1) is 0 Å². The van der Waals surface area contributed by atoms with E-state index in [1.165, 1.54) is 11.8 Å². The smallest absolute Gasteiger partial charge is 0.278 e. The Morgan fingerprint density at radius 1 is 0.941 bits per heavy atom. The first kappa shape index (κ1) is 23.7. The van der Waals surface area contributed by atoms with Gasteiger partial charge in [-0.2, -0.15) is 0 Å². The summed E-state index contributed by atoms with van der Waals surface area (Å²) in [5.41, 5.74) is 4.74. The monoisotopic (exact) mass is 462 g/mol. The largest absolute Gasteiger partial charge is 0.379 e. The molecule has 2 heterocycles. The van der Waals surface area contributed by atoms with Crippen molar-refractivity contribution in [3.63, 3.8) is 0 Å². The number of rotatable bonds is 7. The second kappa shape index (κ2) is 10.2. The number of carbonyl (C=O) groups is 3.